The van der Waals surface area contributed by atoms with E-state index in [-0.39, 0.29) is 29.3 Å². The monoisotopic (exact) mass is 331 g/mol. The van der Waals surface area contributed by atoms with Crippen LogP contribution in [-0.4, -0.2) is 29.1 Å². The molecule has 0 aliphatic heterocycles. The third kappa shape index (κ3) is 3.35. The zero-order valence-corrected chi connectivity index (χ0v) is 12.5. The summed E-state index contributed by atoms with van der Waals surface area (Å²) < 4.78 is 26.2. The average Bonchev–Trinajstić information content (AvgIpc) is 3.27. The van der Waals surface area contributed by atoms with Gasteiger partial charge in [-0.15, -0.1) is 11.6 Å². The molecule has 1 aliphatic carbocycles. The van der Waals surface area contributed by atoms with Crippen molar-refractivity contribution in [2.75, 3.05) is 11.2 Å². The van der Waals surface area contributed by atoms with E-state index in [1.165, 1.54) is 12.3 Å². The summed E-state index contributed by atoms with van der Waals surface area (Å²) in [5.41, 5.74) is 4.23. The van der Waals surface area contributed by atoms with Crippen molar-refractivity contribution in [1.29, 1.82) is 0 Å². The van der Waals surface area contributed by atoms with Gasteiger partial charge in [-0.1, -0.05) is 0 Å². The molecule has 1 aromatic heterocycles. The highest BCUT2D eigenvalue weighted by Gasteiger charge is 2.54. The van der Waals surface area contributed by atoms with Crippen molar-refractivity contribution in [1.82, 2.24) is 4.98 Å². The van der Waals surface area contributed by atoms with E-state index in [1.54, 1.807) is 0 Å². The minimum Gasteiger partial charge on any atom is -0.366 e. The first kappa shape index (κ1) is 16.6. The molecule has 1 heterocycles. The number of nitrogens with two attached hydrogens (primary N) is 1. The van der Waals surface area contributed by atoms with Gasteiger partial charge in [0.15, 0.2) is 0 Å². The van der Waals surface area contributed by atoms with Gasteiger partial charge in [0.2, 0.25) is 12.3 Å². The lowest BCUT2D eigenvalue weighted by Crippen LogP contribution is -2.23. The Morgan fingerprint density at radius 1 is 1.45 bits per heavy atom. The SMILES string of the molecule is NC(=O)c1cc(C2(C(F)F)CC2)ncc1NC(=O)CCCCl. The van der Waals surface area contributed by atoms with Crippen LogP contribution in [0.1, 0.15) is 41.7 Å². The van der Waals surface area contributed by atoms with Crippen LogP contribution in [0.4, 0.5) is 14.5 Å². The molecule has 2 amide bonds. The zero-order chi connectivity index (χ0) is 16.3. The molecule has 2 rings (SSSR count). The third-order valence-corrected chi connectivity index (χ3v) is 3.96. The number of nitrogens with zero attached hydrogens (tertiary/aromatic N) is 1. The average molecular weight is 332 g/mol. The number of amides is 2. The van der Waals surface area contributed by atoms with Crippen LogP contribution in [0.2, 0.25) is 0 Å². The number of carbonyl (C=O) groups is 2. The standard InChI is InChI=1S/C14H16ClF2N3O2/c15-5-1-2-11(21)20-9-7-19-10(6-8(9)12(18)22)14(3-4-14)13(16)17/h6-7,13H,1-5H2,(H2,18,22)(H,20,21). The highest BCUT2D eigenvalue weighted by Crippen LogP contribution is 2.52. The molecule has 0 radical (unpaired) electrons. The van der Waals surface area contributed by atoms with E-state index in [0.29, 0.717) is 25.1 Å². The van der Waals surface area contributed by atoms with Crippen LogP contribution in [0.25, 0.3) is 0 Å². The summed E-state index contributed by atoms with van der Waals surface area (Å²) in [6, 6.07) is 1.25. The number of rotatable bonds is 7. The maximum Gasteiger partial charge on any atom is 0.250 e. The Kier molecular flexibility index (Phi) is 4.95. The Hall–Kier alpha value is -1.76. The van der Waals surface area contributed by atoms with Gasteiger partial charge in [-0.3, -0.25) is 14.6 Å². The Morgan fingerprint density at radius 2 is 2.14 bits per heavy atom. The van der Waals surface area contributed by atoms with Crippen molar-refractivity contribution >= 4 is 29.1 Å². The van der Waals surface area contributed by atoms with Crippen LogP contribution in [0.3, 0.4) is 0 Å². The fourth-order valence-corrected chi connectivity index (χ4v) is 2.33. The quantitative estimate of drug-likeness (QED) is 0.752. The number of hydrogen-bond donors (Lipinski definition) is 2. The summed E-state index contributed by atoms with van der Waals surface area (Å²) in [7, 11) is 0. The second-order valence-electron chi connectivity index (χ2n) is 5.28. The fraction of sp³-hybridized carbons (Fsp3) is 0.500. The van der Waals surface area contributed by atoms with Crippen molar-refractivity contribution < 1.29 is 18.4 Å². The summed E-state index contributed by atoms with van der Waals surface area (Å²) in [5, 5.41) is 2.51. The molecule has 22 heavy (non-hydrogen) atoms. The van der Waals surface area contributed by atoms with Crippen LogP contribution >= 0.6 is 11.6 Å². The molecule has 0 unspecified atom stereocenters. The van der Waals surface area contributed by atoms with E-state index < -0.39 is 17.7 Å². The molecule has 0 saturated heterocycles. The predicted octanol–water partition coefficient (Wildman–Crippen LogP) is 2.43. The molecular weight excluding hydrogens is 316 g/mol. The number of alkyl halides is 3. The van der Waals surface area contributed by atoms with Gasteiger partial charge in [0.1, 0.15) is 0 Å². The van der Waals surface area contributed by atoms with E-state index >= 15 is 0 Å². The first-order chi connectivity index (χ1) is 10.4. The number of halogens is 3. The lowest BCUT2D eigenvalue weighted by Gasteiger charge is -2.16. The lowest BCUT2D eigenvalue weighted by atomic mass is 10.00. The molecule has 120 valence electrons. The second-order valence-corrected chi connectivity index (χ2v) is 5.65. The lowest BCUT2D eigenvalue weighted by molar-refractivity contribution is -0.116. The van der Waals surface area contributed by atoms with Crippen molar-refractivity contribution in [2.45, 2.75) is 37.5 Å². The smallest absolute Gasteiger partial charge is 0.250 e. The largest absolute Gasteiger partial charge is 0.366 e. The van der Waals surface area contributed by atoms with Gasteiger partial charge in [-0.25, -0.2) is 8.78 Å². The van der Waals surface area contributed by atoms with Gasteiger partial charge in [0.05, 0.1) is 28.6 Å². The minimum atomic E-state index is -2.55. The molecule has 1 fully saturated rings. The van der Waals surface area contributed by atoms with Gasteiger partial charge in [-0.2, -0.15) is 0 Å². The maximum atomic E-state index is 13.1. The predicted molar refractivity (Wildman–Crippen MR) is 78.3 cm³/mol. The van der Waals surface area contributed by atoms with Crippen LogP contribution in [0.5, 0.6) is 0 Å². The van der Waals surface area contributed by atoms with Crippen LogP contribution < -0.4 is 11.1 Å². The molecule has 0 bridgehead atoms. The van der Waals surface area contributed by atoms with Crippen LogP contribution in [0, 0.1) is 0 Å². The molecule has 1 saturated carbocycles. The van der Waals surface area contributed by atoms with Gasteiger partial charge >= 0.3 is 0 Å². The van der Waals surface area contributed by atoms with Crippen molar-refractivity contribution in [2.24, 2.45) is 5.73 Å². The number of hydrogen-bond acceptors (Lipinski definition) is 3. The second kappa shape index (κ2) is 6.56. The molecular formula is C14H16ClF2N3O2. The Bertz CT molecular complexity index is 591. The molecule has 1 aliphatic rings. The molecule has 1 aromatic rings. The van der Waals surface area contributed by atoms with E-state index in [2.05, 4.69) is 10.3 Å². The van der Waals surface area contributed by atoms with Crippen molar-refractivity contribution in [3.05, 3.63) is 23.5 Å². The number of pyridine rings is 1. The number of primary amides is 1. The highest BCUT2D eigenvalue weighted by molar-refractivity contribution is 6.18. The maximum absolute atomic E-state index is 13.1. The molecule has 0 spiro atoms. The number of anilines is 1. The molecule has 3 N–H and O–H groups in total. The summed E-state index contributed by atoms with van der Waals surface area (Å²) in [6.07, 6.45) is -0.0423. The number of aromatic nitrogens is 1. The van der Waals surface area contributed by atoms with E-state index in [1.807, 2.05) is 0 Å². The molecule has 0 aromatic carbocycles. The van der Waals surface area contributed by atoms with Crippen molar-refractivity contribution in [3.8, 4) is 0 Å². The van der Waals surface area contributed by atoms with Gasteiger partial charge < -0.3 is 11.1 Å². The Balaban J connectivity index is 2.25. The molecule has 8 heteroatoms. The van der Waals surface area contributed by atoms with Gasteiger partial charge in [0.25, 0.3) is 5.91 Å². The molecule has 0 atom stereocenters. The topological polar surface area (TPSA) is 85.1 Å². The summed E-state index contributed by atoms with van der Waals surface area (Å²) in [6.45, 7) is 0. The van der Waals surface area contributed by atoms with E-state index in [4.69, 9.17) is 17.3 Å². The van der Waals surface area contributed by atoms with Crippen LogP contribution in [0.15, 0.2) is 12.3 Å². The van der Waals surface area contributed by atoms with E-state index in [9.17, 15) is 18.4 Å². The first-order valence-electron chi connectivity index (χ1n) is 6.85. The summed E-state index contributed by atoms with van der Waals surface area (Å²) in [5.74, 6) is -0.807. The van der Waals surface area contributed by atoms with E-state index in [0.717, 1.165) is 0 Å². The van der Waals surface area contributed by atoms with Crippen molar-refractivity contribution in [3.63, 3.8) is 0 Å². The Morgan fingerprint density at radius 3 is 2.64 bits per heavy atom. The zero-order valence-electron chi connectivity index (χ0n) is 11.7. The number of nitrogens with one attached hydrogen (secondary N) is 1. The fourth-order valence-electron chi connectivity index (χ4n) is 2.19. The highest BCUT2D eigenvalue weighted by atomic mass is 35.5. The number of carbonyl (C=O) groups excluding carboxylic acids is 2. The minimum absolute atomic E-state index is 0.0175. The third-order valence-electron chi connectivity index (χ3n) is 3.70. The summed E-state index contributed by atoms with van der Waals surface area (Å²) in [4.78, 5) is 27.2. The van der Waals surface area contributed by atoms with Gasteiger partial charge in [-0.05, 0) is 25.3 Å². The first-order valence-corrected chi connectivity index (χ1v) is 7.38. The summed E-state index contributed by atoms with van der Waals surface area (Å²) >= 11 is 5.50. The Labute approximate surface area is 131 Å². The van der Waals surface area contributed by atoms with Gasteiger partial charge in [0, 0.05) is 12.3 Å². The van der Waals surface area contributed by atoms with Crippen LogP contribution in [-0.2, 0) is 10.2 Å². The molecule has 5 nitrogen and oxygen atoms in total. The normalized spacial score (nSPS) is 15.6.